The van der Waals surface area contributed by atoms with Gasteiger partial charge in [-0.1, -0.05) is 34.8 Å². The van der Waals surface area contributed by atoms with E-state index < -0.39 is 46.3 Å². The molecule has 0 aliphatic heterocycles. The standard InChI is InChI=1S/C8H12Cl3NO6/c9-8(10,11)7(18)6(17)3(12)5(16)4(15)2(14)1-13/h2-5,13-16H,1,12H2/t2-,3+,4-,5-/m1/s1. The van der Waals surface area contributed by atoms with Crippen LogP contribution in [0.2, 0.25) is 0 Å². The van der Waals surface area contributed by atoms with Gasteiger partial charge in [-0.3, -0.25) is 9.59 Å². The van der Waals surface area contributed by atoms with Gasteiger partial charge in [-0.2, -0.15) is 0 Å². The third-order valence-electron chi connectivity index (χ3n) is 2.08. The van der Waals surface area contributed by atoms with Gasteiger partial charge in [0.2, 0.25) is 5.78 Å². The highest BCUT2D eigenvalue weighted by Crippen LogP contribution is 2.28. The van der Waals surface area contributed by atoms with Crippen molar-refractivity contribution in [2.45, 2.75) is 28.1 Å². The number of Topliss-reactive ketones (excluding diaryl/α,β-unsaturated/α-hetero) is 2. The van der Waals surface area contributed by atoms with Crippen molar-refractivity contribution in [3.05, 3.63) is 0 Å². The molecule has 0 bridgehead atoms. The number of ketones is 2. The fourth-order valence-electron chi connectivity index (χ4n) is 0.994. The second kappa shape index (κ2) is 6.97. The number of rotatable bonds is 6. The second-order valence-electron chi connectivity index (χ2n) is 3.45. The smallest absolute Gasteiger partial charge is 0.256 e. The first-order chi connectivity index (χ1) is 8.03. The van der Waals surface area contributed by atoms with Crippen molar-refractivity contribution in [2.24, 2.45) is 5.73 Å². The van der Waals surface area contributed by atoms with Crippen LogP contribution in [0.1, 0.15) is 0 Å². The van der Waals surface area contributed by atoms with Crippen LogP contribution in [0.25, 0.3) is 0 Å². The van der Waals surface area contributed by atoms with Crippen molar-refractivity contribution in [3.63, 3.8) is 0 Å². The summed E-state index contributed by atoms with van der Waals surface area (Å²) in [6, 6.07) is -1.90. The van der Waals surface area contributed by atoms with Gasteiger partial charge in [-0.25, -0.2) is 0 Å². The summed E-state index contributed by atoms with van der Waals surface area (Å²) in [5.74, 6) is -2.91. The zero-order chi connectivity index (χ0) is 14.7. The average Bonchev–Trinajstić information content (AvgIpc) is 2.31. The zero-order valence-corrected chi connectivity index (χ0v) is 11.1. The SMILES string of the molecule is N[C@H](C(=O)C(=O)C(Cl)(Cl)Cl)[C@@H](O)[C@H](O)[C@H](O)CO. The lowest BCUT2D eigenvalue weighted by Gasteiger charge is -2.25. The summed E-state index contributed by atoms with van der Waals surface area (Å²) >= 11 is 15.5. The fourth-order valence-corrected chi connectivity index (χ4v) is 1.27. The van der Waals surface area contributed by atoms with E-state index in [0.717, 1.165) is 0 Å². The number of hydrogen-bond acceptors (Lipinski definition) is 7. The van der Waals surface area contributed by atoms with Crippen LogP contribution in [0.5, 0.6) is 0 Å². The lowest BCUT2D eigenvalue weighted by molar-refractivity contribution is -0.141. The van der Waals surface area contributed by atoms with Crippen LogP contribution in [0.4, 0.5) is 0 Å². The molecule has 10 heteroatoms. The minimum atomic E-state index is -2.53. The van der Waals surface area contributed by atoms with E-state index in [1.807, 2.05) is 0 Å². The molecule has 106 valence electrons. The van der Waals surface area contributed by atoms with Gasteiger partial charge in [0, 0.05) is 0 Å². The minimum absolute atomic E-state index is 0.877. The topological polar surface area (TPSA) is 141 Å². The predicted molar refractivity (Wildman–Crippen MR) is 63.4 cm³/mol. The Morgan fingerprint density at radius 1 is 1.11 bits per heavy atom. The summed E-state index contributed by atoms with van der Waals surface area (Å²) in [5.41, 5.74) is 5.20. The maximum atomic E-state index is 11.4. The Morgan fingerprint density at radius 3 is 1.89 bits per heavy atom. The van der Waals surface area contributed by atoms with Crippen molar-refractivity contribution in [3.8, 4) is 0 Å². The minimum Gasteiger partial charge on any atom is -0.394 e. The van der Waals surface area contributed by atoms with Gasteiger partial charge in [0.25, 0.3) is 9.58 Å². The Labute approximate surface area is 117 Å². The molecular weight excluding hydrogens is 312 g/mol. The highest BCUT2D eigenvalue weighted by molar-refractivity contribution is 6.82. The van der Waals surface area contributed by atoms with Gasteiger partial charge in [0.1, 0.15) is 24.4 Å². The molecule has 18 heavy (non-hydrogen) atoms. The third kappa shape index (κ3) is 4.60. The van der Waals surface area contributed by atoms with Gasteiger partial charge < -0.3 is 26.2 Å². The van der Waals surface area contributed by atoms with Crippen molar-refractivity contribution < 1.29 is 30.0 Å². The first-order valence-electron chi connectivity index (χ1n) is 4.60. The van der Waals surface area contributed by atoms with Crippen LogP contribution in [0, 0.1) is 0 Å². The quantitative estimate of drug-likeness (QED) is 0.278. The van der Waals surface area contributed by atoms with E-state index >= 15 is 0 Å². The third-order valence-corrected chi connectivity index (χ3v) is 2.60. The van der Waals surface area contributed by atoms with E-state index in [1.54, 1.807) is 0 Å². The molecule has 0 rings (SSSR count). The summed E-state index contributed by atoms with van der Waals surface area (Å²) in [6.45, 7) is -0.877. The fraction of sp³-hybridized carbons (Fsp3) is 0.750. The van der Waals surface area contributed by atoms with E-state index in [0.29, 0.717) is 0 Å². The number of aliphatic hydroxyl groups excluding tert-OH is 4. The molecule has 7 nitrogen and oxygen atoms in total. The lowest BCUT2D eigenvalue weighted by Crippen LogP contribution is -2.55. The maximum absolute atomic E-state index is 11.4. The summed E-state index contributed by atoms with van der Waals surface area (Å²) in [5, 5.41) is 36.3. The van der Waals surface area contributed by atoms with Crippen LogP contribution >= 0.6 is 34.8 Å². The van der Waals surface area contributed by atoms with Crippen LogP contribution in [-0.4, -0.2) is 66.7 Å². The molecule has 0 amide bonds. The van der Waals surface area contributed by atoms with Crippen LogP contribution in [0.3, 0.4) is 0 Å². The van der Waals surface area contributed by atoms with Gasteiger partial charge in [-0.05, 0) is 0 Å². The number of nitrogens with two attached hydrogens (primary N) is 1. The normalized spacial score (nSPS) is 18.9. The van der Waals surface area contributed by atoms with Gasteiger partial charge in [0.15, 0.2) is 0 Å². The number of alkyl halides is 3. The molecular formula is C8H12Cl3NO6. The molecule has 6 N–H and O–H groups in total. The van der Waals surface area contributed by atoms with Gasteiger partial charge >= 0.3 is 0 Å². The molecule has 0 aliphatic carbocycles. The number of hydrogen-bond donors (Lipinski definition) is 5. The van der Waals surface area contributed by atoms with Gasteiger partial charge in [0.05, 0.1) is 6.61 Å². The molecule has 0 unspecified atom stereocenters. The Balaban J connectivity index is 4.80. The Morgan fingerprint density at radius 2 is 1.56 bits per heavy atom. The average molecular weight is 325 g/mol. The molecule has 0 saturated carbocycles. The van der Waals surface area contributed by atoms with Crippen molar-refractivity contribution in [1.82, 2.24) is 0 Å². The zero-order valence-electron chi connectivity index (χ0n) is 8.83. The number of carbonyl (C=O) groups excluding carboxylic acids is 2. The largest absolute Gasteiger partial charge is 0.394 e. The maximum Gasteiger partial charge on any atom is 0.256 e. The van der Waals surface area contributed by atoms with Crippen molar-refractivity contribution in [2.75, 3.05) is 6.61 Å². The molecule has 0 aliphatic rings. The Hall–Kier alpha value is 0.01000. The summed E-state index contributed by atoms with van der Waals surface area (Å²) in [4.78, 5) is 22.6. The van der Waals surface area contributed by atoms with E-state index in [9.17, 15) is 19.8 Å². The summed E-state index contributed by atoms with van der Waals surface area (Å²) in [7, 11) is 0. The number of aliphatic hydroxyl groups is 4. The van der Waals surface area contributed by atoms with Crippen LogP contribution < -0.4 is 5.73 Å². The molecule has 0 aromatic rings. The number of carbonyl (C=O) groups is 2. The summed E-state index contributed by atoms with van der Waals surface area (Å²) < 4.78 is -2.53. The molecule has 0 aromatic carbocycles. The van der Waals surface area contributed by atoms with Gasteiger partial charge in [-0.15, -0.1) is 0 Å². The summed E-state index contributed by atoms with van der Waals surface area (Å²) in [6.07, 6.45) is -5.67. The monoisotopic (exact) mass is 323 g/mol. The van der Waals surface area contributed by atoms with Crippen LogP contribution in [0.15, 0.2) is 0 Å². The lowest BCUT2D eigenvalue weighted by atomic mass is 9.97. The van der Waals surface area contributed by atoms with E-state index in [2.05, 4.69) is 0 Å². The second-order valence-corrected chi connectivity index (χ2v) is 5.73. The molecule has 4 atom stereocenters. The van der Waals surface area contributed by atoms with Crippen LogP contribution in [-0.2, 0) is 9.59 Å². The highest BCUT2D eigenvalue weighted by Gasteiger charge is 2.42. The molecule has 0 aromatic heterocycles. The van der Waals surface area contributed by atoms with Crippen molar-refractivity contribution >= 4 is 46.4 Å². The molecule has 0 spiro atoms. The molecule has 0 radical (unpaired) electrons. The van der Waals surface area contributed by atoms with E-state index in [1.165, 1.54) is 0 Å². The molecule has 0 heterocycles. The highest BCUT2D eigenvalue weighted by atomic mass is 35.6. The molecule has 0 saturated heterocycles. The Bertz CT molecular complexity index is 320. The first-order valence-corrected chi connectivity index (χ1v) is 5.73. The molecule has 0 fully saturated rings. The predicted octanol–water partition coefficient (Wildman–Crippen LogP) is -2.10. The first kappa shape index (κ1) is 18.0. The Kier molecular flexibility index (Phi) is 6.97. The van der Waals surface area contributed by atoms with E-state index in [4.69, 9.17) is 50.7 Å². The number of halogens is 3. The van der Waals surface area contributed by atoms with E-state index in [-0.39, 0.29) is 0 Å². The van der Waals surface area contributed by atoms with Crippen molar-refractivity contribution in [1.29, 1.82) is 0 Å².